The molecule has 6 heteroatoms. The summed E-state index contributed by atoms with van der Waals surface area (Å²) in [6.07, 6.45) is 3.45. The summed E-state index contributed by atoms with van der Waals surface area (Å²) < 4.78 is 17.1. The molecule has 1 amide bonds. The minimum atomic E-state index is -0.553. The predicted molar refractivity (Wildman–Crippen MR) is 150 cm³/mol. The standard InChI is InChI=1S/C32H37NO5/c1-5-36-30(34)17-13-23-10-15-26(16-11-23)28-18-19-33(31(35)38-32(2,3)4)21-29(28)37-22-24-12-14-25-8-6-7-9-27(25)20-24/h6-17,20,28-29H,5,18-19,21-22H2,1-4H3. The smallest absolute Gasteiger partial charge is 0.410 e. The number of piperidine rings is 1. The molecule has 0 spiro atoms. The molecular weight excluding hydrogens is 478 g/mol. The molecule has 0 aromatic heterocycles. The maximum Gasteiger partial charge on any atom is 0.410 e. The van der Waals surface area contributed by atoms with E-state index in [4.69, 9.17) is 14.2 Å². The number of ether oxygens (including phenoxy) is 3. The highest BCUT2D eigenvalue weighted by Gasteiger charge is 2.35. The molecule has 0 aliphatic carbocycles. The summed E-state index contributed by atoms with van der Waals surface area (Å²) >= 11 is 0. The Morgan fingerprint density at radius 1 is 1.00 bits per heavy atom. The highest BCUT2D eigenvalue weighted by molar-refractivity contribution is 5.87. The SMILES string of the molecule is CCOC(=O)C=Cc1ccc(C2CCN(C(=O)OC(C)(C)C)CC2OCc2ccc3ccccc3c2)cc1. The molecule has 38 heavy (non-hydrogen) atoms. The van der Waals surface area contributed by atoms with Crippen LogP contribution in [0.1, 0.15) is 56.7 Å². The van der Waals surface area contributed by atoms with Gasteiger partial charge in [0.15, 0.2) is 0 Å². The Morgan fingerprint density at radius 3 is 2.45 bits per heavy atom. The number of carbonyl (C=O) groups is 2. The van der Waals surface area contributed by atoms with Crippen LogP contribution in [0, 0.1) is 0 Å². The maximum absolute atomic E-state index is 12.8. The summed E-state index contributed by atoms with van der Waals surface area (Å²) in [4.78, 5) is 26.2. The fourth-order valence-electron chi connectivity index (χ4n) is 4.70. The lowest BCUT2D eigenvalue weighted by atomic mass is 9.86. The number of esters is 1. The Hall–Kier alpha value is -3.64. The van der Waals surface area contributed by atoms with Crippen LogP contribution in [0.4, 0.5) is 4.79 Å². The first-order valence-electron chi connectivity index (χ1n) is 13.2. The van der Waals surface area contributed by atoms with E-state index < -0.39 is 5.60 Å². The lowest BCUT2D eigenvalue weighted by Gasteiger charge is -2.39. The van der Waals surface area contributed by atoms with Crippen LogP contribution >= 0.6 is 0 Å². The summed E-state index contributed by atoms with van der Waals surface area (Å²) in [6.45, 7) is 9.28. The van der Waals surface area contributed by atoms with Crippen LogP contribution in [0.3, 0.4) is 0 Å². The number of rotatable bonds is 7. The third-order valence-electron chi connectivity index (χ3n) is 6.55. The topological polar surface area (TPSA) is 65.1 Å². The first-order chi connectivity index (χ1) is 18.2. The van der Waals surface area contributed by atoms with Gasteiger partial charge in [-0.3, -0.25) is 0 Å². The average Bonchev–Trinajstić information content (AvgIpc) is 2.90. The third-order valence-corrected chi connectivity index (χ3v) is 6.55. The Bertz CT molecular complexity index is 1270. The monoisotopic (exact) mass is 515 g/mol. The van der Waals surface area contributed by atoms with Crippen molar-refractivity contribution in [1.82, 2.24) is 4.90 Å². The van der Waals surface area contributed by atoms with Crippen molar-refractivity contribution in [3.63, 3.8) is 0 Å². The number of benzene rings is 3. The first kappa shape index (κ1) is 27.4. The molecule has 3 aromatic carbocycles. The molecule has 0 N–H and O–H groups in total. The fraction of sp³-hybridized carbons (Fsp3) is 0.375. The van der Waals surface area contributed by atoms with E-state index in [1.165, 1.54) is 16.8 Å². The van der Waals surface area contributed by atoms with Gasteiger partial charge in [-0.1, -0.05) is 60.7 Å². The van der Waals surface area contributed by atoms with Crippen molar-refractivity contribution in [3.05, 3.63) is 89.5 Å². The van der Waals surface area contributed by atoms with E-state index in [1.54, 1.807) is 17.9 Å². The predicted octanol–water partition coefficient (Wildman–Crippen LogP) is 6.73. The van der Waals surface area contributed by atoms with E-state index >= 15 is 0 Å². The van der Waals surface area contributed by atoms with Crippen LogP contribution in [-0.2, 0) is 25.6 Å². The van der Waals surface area contributed by atoms with Gasteiger partial charge in [0, 0.05) is 18.5 Å². The van der Waals surface area contributed by atoms with Gasteiger partial charge in [-0.15, -0.1) is 0 Å². The van der Waals surface area contributed by atoms with Crippen LogP contribution in [-0.4, -0.2) is 48.4 Å². The highest BCUT2D eigenvalue weighted by Crippen LogP contribution is 2.32. The van der Waals surface area contributed by atoms with E-state index in [2.05, 4.69) is 42.5 Å². The Morgan fingerprint density at radius 2 is 1.74 bits per heavy atom. The molecule has 0 bridgehead atoms. The van der Waals surface area contributed by atoms with Crippen molar-refractivity contribution >= 4 is 28.9 Å². The maximum atomic E-state index is 12.8. The zero-order valence-electron chi connectivity index (χ0n) is 22.7. The van der Waals surface area contributed by atoms with Gasteiger partial charge in [0.1, 0.15) is 5.60 Å². The molecule has 6 nitrogen and oxygen atoms in total. The normalized spacial score (nSPS) is 18.1. The Kier molecular flexibility index (Phi) is 8.85. The van der Waals surface area contributed by atoms with Crippen molar-refractivity contribution in [2.45, 2.75) is 58.3 Å². The number of carbonyl (C=O) groups excluding carboxylic acids is 2. The zero-order valence-corrected chi connectivity index (χ0v) is 22.7. The molecule has 3 aromatic rings. The number of hydrogen-bond donors (Lipinski definition) is 0. The molecule has 4 rings (SSSR count). The molecule has 1 heterocycles. The molecular formula is C32H37NO5. The van der Waals surface area contributed by atoms with Gasteiger partial charge in [0.2, 0.25) is 0 Å². The number of nitrogens with zero attached hydrogens (tertiary/aromatic N) is 1. The van der Waals surface area contributed by atoms with Crippen LogP contribution in [0.15, 0.2) is 72.8 Å². The van der Waals surface area contributed by atoms with Gasteiger partial charge < -0.3 is 19.1 Å². The van der Waals surface area contributed by atoms with E-state index in [9.17, 15) is 9.59 Å². The second-order valence-corrected chi connectivity index (χ2v) is 10.6. The molecule has 0 radical (unpaired) electrons. The van der Waals surface area contributed by atoms with Crippen molar-refractivity contribution in [2.75, 3.05) is 19.7 Å². The molecule has 1 aliphatic heterocycles. The average molecular weight is 516 g/mol. The van der Waals surface area contributed by atoms with Gasteiger partial charge in [0.25, 0.3) is 0 Å². The largest absolute Gasteiger partial charge is 0.463 e. The second kappa shape index (κ2) is 12.3. The minimum absolute atomic E-state index is 0.122. The molecule has 200 valence electrons. The van der Waals surface area contributed by atoms with Crippen LogP contribution in [0.2, 0.25) is 0 Å². The van der Waals surface area contributed by atoms with Crippen molar-refractivity contribution in [3.8, 4) is 0 Å². The second-order valence-electron chi connectivity index (χ2n) is 10.6. The van der Waals surface area contributed by atoms with Gasteiger partial charge in [-0.25, -0.2) is 9.59 Å². The first-order valence-corrected chi connectivity index (χ1v) is 13.2. The van der Waals surface area contributed by atoms with Crippen molar-refractivity contribution in [1.29, 1.82) is 0 Å². The van der Waals surface area contributed by atoms with Crippen molar-refractivity contribution < 1.29 is 23.8 Å². The minimum Gasteiger partial charge on any atom is -0.463 e. The molecule has 1 saturated heterocycles. The van der Waals surface area contributed by atoms with Crippen LogP contribution in [0.25, 0.3) is 16.8 Å². The summed E-state index contributed by atoms with van der Waals surface area (Å²) in [5.74, 6) is -0.231. The van der Waals surface area contributed by atoms with Crippen LogP contribution < -0.4 is 0 Å². The number of fused-ring (bicyclic) bond motifs is 1. The van der Waals surface area contributed by atoms with E-state index in [1.807, 2.05) is 45.0 Å². The Labute approximate surface area is 225 Å². The van der Waals surface area contributed by atoms with Crippen LogP contribution in [0.5, 0.6) is 0 Å². The van der Waals surface area contributed by atoms with E-state index in [-0.39, 0.29) is 24.1 Å². The molecule has 1 aliphatic rings. The van der Waals surface area contributed by atoms with Gasteiger partial charge >= 0.3 is 12.1 Å². The Balaban J connectivity index is 1.50. The van der Waals surface area contributed by atoms with E-state index in [0.29, 0.717) is 26.3 Å². The third kappa shape index (κ3) is 7.45. The fourth-order valence-corrected chi connectivity index (χ4v) is 4.70. The highest BCUT2D eigenvalue weighted by atomic mass is 16.6. The molecule has 2 unspecified atom stereocenters. The summed E-state index contributed by atoms with van der Waals surface area (Å²) in [7, 11) is 0. The van der Waals surface area contributed by atoms with Gasteiger partial charge in [-0.05, 0) is 73.7 Å². The number of hydrogen-bond acceptors (Lipinski definition) is 5. The summed E-state index contributed by atoms with van der Waals surface area (Å²) in [5, 5.41) is 2.37. The zero-order chi connectivity index (χ0) is 27.1. The van der Waals surface area contributed by atoms with Gasteiger partial charge in [-0.2, -0.15) is 0 Å². The molecule has 0 saturated carbocycles. The number of likely N-dealkylation sites (tertiary alicyclic amines) is 1. The quantitative estimate of drug-likeness (QED) is 0.258. The lowest BCUT2D eigenvalue weighted by Crippen LogP contribution is -2.48. The van der Waals surface area contributed by atoms with Gasteiger partial charge in [0.05, 0.1) is 25.9 Å². The summed E-state index contributed by atoms with van der Waals surface area (Å²) in [5.41, 5.74) is 2.60. The number of amides is 1. The molecule has 1 fully saturated rings. The van der Waals surface area contributed by atoms with Crippen molar-refractivity contribution in [2.24, 2.45) is 0 Å². The van der Waals surface area contributed by atoms with E-state index in [0.717, 1.165) is 23.1 Å². The molecule has 2 atom stereocenters. The lowest BCUT2D eigenvalue weighted by molar-refractivity contribution is -0.137. The summed E-state index contributed by atoms with van der Waals surface area (Å²) in [6, 6.07) is 22.8.